The number of benzene rings is 1. The second-order valence-corrected chi connectivity index (χ2v) is 8.04. The van der Waals surface area contributed by atoms with Gasteiger partial charge in [0.2, 0.25) is 0 Å². The van der Waals surface area contributed by atoms with Gasteiger partial charge in [0, 0.05) is 18.5 Å². The average Bonchev–Trinajstić information content (AvgIpc) is 2.63. The summed E-state index contributed by atoms with van der Waals surface area (Å²) in [6.45, 7) is 12.2. The lowest BCUT2D eigenvalue weighted by molar-refractivity contribution is -0.908. The van der Waals surface area contributed by atoms with Crippen LogP contribution in [0.15, 0.2) is 24.3 Å². The molecule has 0 saturated carbocycles. The fourth-order valence-electron chi connectivity index (χ4n) is 2.80. The highest BCUT2D eigenvalue weighted by Gasteiger charge is 2.15. The second kappa shape index (κ2) is 9.85. The Morgan fingerprint density at radius 1 is 1.15 bits per heavy atom. The first kappa shape index (κ1) is 20.6. The van der Waals surface area contributed by atoms with Crippen molar-refractivity contribution >= 4 is 23.2 Å². The summed E-state index contributed by atoms with van der Waals surface area (Å²) in [6, 6.07) is 7.64. The van der Waals surface area contributed by atoms with Gasteiger partial charge in [-0.2, -0.15) is 0 Å². The van der Waals surface area contributed by atoms with Gasteiger partial charge in [0.05, 0.1) is 19.8 Å². The zero-order valence-corrected chi connectivity index (χ0v) is 16.8. The highest BCUT2D eigenvalue weighted by atomic mass is 32.1. The fraction of sp³-hybridized carbons (Fsp3) is 0.579. The van der Waals surface area contributed by atoms with Crippen molar-refractivity contribution in [2.45, 2.75) is 32.6 Å². The number of quaternary nitrogens is 1. The minimum absolute atomic E-state index is 0.0711. The summed E-state index contributed by atoms with van der Waals surface area (Å²) in [5.41, 5.74) is 7.26. The van der Waals surface area contributed by atoms with Crippen molar-refractivity contribution in [3.8, 4) is 0 Å². The molecule has 26 heavy (non-hydrogen) atoms. The largest absolute Gasteiger partial charge is 0.370 e. The van der Waals surface area contributed by atoms with Crippen molar-refractivity contribution in [3.63, 3.8) is 0 Å². The molecule has 7 heteroatoms. The summed E-state index contributed by atoms with van der Waals surface area (Å²) in [6.07, 6.45) is 1.03. The molecule has 0 aliphatic carbocycles. The first-order valence-corrected chi connectivity index (χ1v) is 9.63. The molecule has 0 radical (unpaired) electrons. The van der Waals surface area contributed by atoms with Gasteiger partial charge in [-0.05, 0) is 35.3 Å². The lowest BCUT2D eigenvalue weighted by Gasteiger charge is -2.23. The summed E-state index contributed by atoms with van der Waals surface area (Å²) in [4.78, 5) is 13.7. The van der Waals surface area contributed by atoms with Crippen LogP contribution in [0.2, 0.25) is 0 Å². The molecule has 1 heterocycles. The highest BCUT2D eigenvalue weighted by Crippen LogP contribution is 2.22. The molecule has 0 atom stereocenters. The Balaban J connectivity index is 1.64. The third kappa shape index (κ3) is 6.90. The standard InChI is InChI=1S/C19H30N4O2S/c1-19(2,3)16-7-5-15(6-8-16)17(24)21-22-18(26)20-9-4-10-23-11-13-25-14-12-23/h5-8H,4,9-14H2,1-3H3,(H,21,24)(H2,20,22,26)/p+1. The van der Waals surface area contributed by atoms with Gasteiger partial charge in [-0.15, -0.1) is 0 Å². The number of rotatable bonds is 5. The van der Waals surface area contributed by atoms with Crippen molar-refractivity contribution < 1.29 is 14.4 Å². The van der Waals surface area contributed by atoms with Crippen molar-refractivity contribution in [1.82, 2.24) is 16.2 Å². The number of amides is 1. The van der Waals surface area contributed by atoms with Crippen LogP contribution in [0.1, 0.15) is 43.1 Å². The van der Waals surface area contributed by atoms with Gasteiger partial charge in [0.1, 0.15) is 13.1 Å². The Hall–Kier alpha value is -1.70. The lowest BCUT2D eigenvalue weighted by Crippen LogP contribution is -3.14. The third-order valence-corrected chi connectivity index (χ3v) is 4.74. The van der Waals surface area contributed by atoms with E-state index in [1.807, 2.05) is 24.3 Å². The summed E-state index contributed by atoms with van der Waals surface area (Å²) in [7, 11) is 0. The number of carbonyl (C=O) groups excluding carboxylic acids is 1. The minimum atomic E-state index is -0.202. The predicted octanol–water partition coefficient (Wildman–Crippen LogP) is 0.398. The van der Waals surface area contributed by atoms with Crippen LogP contribution in [0.4, 0.5) is 0 Å². The molecule has 2 rings (SSSR count). The molecule has 1 aromatic rings. The van der Waals surface area contributed by atoms with E-state index in [2.05, 4.69) is 36.9 Å². The van der Waals surface area contributed by atoms with Gasteiger partial charge in [0.25, 0.3) is 5.91 Å². The maximum atomic E-state index is 12.2. The molecular formula is C19H31N4O2S+. The Morgan fingerprint density at radius 3 is 2.42 bits per heavy atom. The van der Waals surface area contributed by atoms with Crippen LogP contribution in [-0.2, 0) is 10.2 Å². The van der Waals surface area contributed by atoms with Gasteiger partial charge >= 0.3 is 0 Å². The predicted molar refractivity (Wildman–Crippen MR) is 107 cm³/mol. The van der Waals surface area contributed by atoms with Gasteiger partial charge in [0.15, 0.2) is 5.11 Å². The maximum Gasteiger partial charge on any atom is 0.269 e. The topological polar surface area (TPSA) is 66.8 Å². The number of ether oxygens (including phenoxy) is 1. The SMILES string of the molecule is CC(C)(C)c1ccc(C(=O)NNC(=S)NCCC[NH+]2CCOCC2)cc1. The molecule has 0 aromatic heterocycles. The minimum Gasteiger partial charge on any atom is -0.370 e. The van der Waals surface area contributed by atoms with E-state index in [9.17, 15) is 4.79 Å². The summed E-state index contributed by atoms with van der Waals surface area (Å²) in [5, 5.41) is 3.55. The zero-order chi connectivity index (χ0) is 19.0. The number of nitrogens with one attached hydrogen (secondary N) is 4. The van der Waals surface area contributed by atoms with Gasteiger partial charge in [-0.3, -0.25) is 15.6 Å². The summed E-state index contributed by atoms with van der Waals surface area (Å²) < 4.78 is 5.35. The fourth-order valence-corrected chi connectivity index (χ4v) is 2.95. The first-order chi connectivity index (χ1) is 12.4. The monoisotopic (exact) mass is 379 g/mol. The van der Waals surface area contributed by atoms with Crippen LogP contribution in [-0.4, -0.2) is 50.4 Å². The molecule has 144 valence electrons. The molecular weight excluding hydrogens is 348 g/mol. The Labute approximate surface area is 161 Å². The van der Waals surface area contributed by atoms with Gasteiger partial charge in [-0.25, -0.2) is 0 Å². The molecule has 0 bridgehead atoms. The molecule has 1 amide bonds. The van der Waals surface area contributed by atoms with Crippen LogP contribution in [0, 0.1) is 0 Å². The number of hydrogen-bond donors (Lipinski definition) is 4. The Morgan fingerprint density at radius 2 is 1.81 bits per heavy atom. The van der Waals surface area contributed by atoms with E-state index in [1.54, 1.807) is 4.90 Å². The normalized spacial score (nSPS) is 15.3. The van der Waals surface area contributed by atoms with Crippen LogP contribution >= 0.6 is 12.2 Å². The summed E-state index contributed by atoms with van der Waals surface area (Å²) >= 11 is 5.20. The van der Waals surface area contributed by atoms with E-state index >= 15 is 0 Å². The highest BCUT2D eigenvalue weighted by molar-refractivity contribution is 7.80. The maximum absolute atomic E-state index is 12.2. The van der Waals surface area contributed by atoms with E-state index < -0.39 is 0 Å². The number of morpholine rings is 1. The molecule has 0 spiro atoms. The lowest BCUT2D eigenvalue weighted by atomic mass is 9.87. The zero-order valence-electron chi connectivity index (χ0n) is 16.0. The molecule has 1 fully saturated rings. The van der Waals surface area contributed by atoms with E-state index in [-0.39, 0.29) is 11.3 Å². The van der Waals surface area contributed by atoms with Crippen LogP contribution in [0.3, 0.4) is 0 Å². The van der Waals surface area contributed by atoms with E-state index in [0.29, 0.717) is 10.7 Å². The van der Waals surface area contributed by atoms with Crippen LogP contribution in [0.25, 0.3) is 0 Å². The first-order valence-electron chi connectivity index (χ1n) is 9.22. The van der Waals surface area contributed by atoms with Crippen LogP contribution in [0.5, 0.6) is 0 Å². The second-order valence-electron chi connectivity index (χ2n) is 7.63. The smallest absolute Gasteiger partial charge is 0.269 e. The molecule has 1 saturated heterocycles. The van der Waals surface area contributed by atoms with Crippen LogP contribution < -0.4 is 21.1 Å². The molecule has 1 aromatic carbocycles. The van der Waals surface area contributed by atoms with Crippen molar-refractivity contribution in [2.24, 2.45) is 0 Å². The summed E-state index contributed by atoms with van der Waals surface area (Å²) in [5.74, 6) is -0.202. The quantitative estimate of drug-likeness (QED) is 0.339. The Kier molecular flexibility index (Phi) is 7.81. The number of hydrazine groups is 1. The van der Waals surface area contributed by atoms with Crippen molar-refractivity contribution in [3.05, 3.63) is 35.4 Å². The number of carbonyl (C=O) groups is 1. The van der Waals surface area contributed by atoms with Crippen molar-refractivity contribution in [1.29, 1.82) is 0 Å². The van der Waals surface area contributed by atoms with Crippen molar-refractivity contribution in [2.75, 3.05) is 39.4 Å². The number of hydrogen-bond acceptors (Lipinski definition) is 3. The molecule has 4 N–H and O–H groups in total. The molecule has 0 unspecified atom stereocenters. The average molecular weight is 380 g/mol. The van der Waals surface area contributed by atoms with E-state index in [4.69, 9.17) is 17.0 Å². The van der Waals surface area contributed by atoms with Gasteiger partial charge in [-0.1, -0.05) is 32.9 Å². The molecule has 6 nitrogen and oxygen atoms in total. The molecule has 1 aliphatic heterocycles. The van der Waals surface area contributed by atoms with Gasteiger partial charge < -0.3 is 15.0 Å². The van der Waals surface area contributed by atoms with E-state index in [0.717, 1.165) is 45.8 Å². The number of thiocarbonyl (C=S) groups is 1. The molecule has 1 aliphatic rings. The third-order valence-electron chi connectivity index (χ3n) is 4.50. The van der Waals surface area contributed by atoms with E-state index in [1.165, 1.54) is 5.56 Å². The Bertz CT molecular complexity index is 593.